The molecule has 0 unspecified atom stereocenters. The molecular weight excluding hydrogens is 277 g/mol. The Morgan fingerprint density at radius 1 is 1.50 bits per heavy atom. The molecule has 0 aliphatic rings. The first-order chi connectivity index (χ1) is 8.29. The number of thiocarbonyl (C=S) groups is 1. The van der Waals surface area contributed by atoms with Crippen molar-refractivity contribution in [3.05, 3.63) is 29.6 Å². The van der Waals surface area contributed by atoms with E-state index in [1.165, 1.54) is 18.2 Å². The number of nitrogens with two attached hydrogens (primary N) is 1. The van der Waals surface area contributed by atoms with E-state index >= 15 is 0 Å². The van der Waals surface area contributed by atoms with Crippen LogP contribution in [0.5, 0.6) is 5.75 Å². The number of halogens is 1. The van der Waals surface area contributed by atoms with E-state index < -0.39 is 15.7 Å². The lowest BCUT2D eigenvalue weighted by molar-refractivity contribution is 0.316. The first-order valence-corrected chi connectivity index (χ1v) is 7.66. The van der Waals surface area contributed by atoms with Crippen LogP contribution in [0.3, 0.4) is 0 Å². The standard InChI is InChI=1S/C11H14FNO3S2/c1-18(14,15)6-2-5-16-8-3-4-9(11(13)17)10(12)7-8/h3-4,7H,2,5-6H2,1H3,(H2,13,17). The van der Waals surface area contributed by atoms with Crippen LogP contribution < -0.4 is 10.5 Å². The zero-order valence-corrected chi connectivity index (χ0v) is 11.5. The maximum Gasteiger partial charge on any atom is 0.147 e. The highest BCUT2D eigenvalue weighted by molar-refractivity contribution is 7.90. The van der Waals surface area contributed by atoms with Gasteiger partial charge in [0.05, 0.1) is 12.4 Å². The van der Waals surface area contributed by atoms with E-state index in [9.17, 15) is 12.8 Å². The van der Waals surface area contributed by atoms with Crippen molar-refractivity contribution < 1.29 is 17.5 Å². The van der Waals surface area contributed by atoms with Crippen LogP contribution in [-0.2, 0) is 9.84 Å². The fourth-order valence-electron chi connectivity index (χ4n) is 1.30. The Kier molecular flexibility index (Phi) is 5.03. The molecule has 2 N–H and O–H groups in total. The molecule has 7 heteroatoms. The molecule has 1 aromatic carbocycles. The lowest BCUT2D eigenvalue weighted by Crippen LogP contribution is -2.12. The molecule has 100 valence electrons. The summed E-state index contributed by atoms with van der Waals surface area (Å²) in [5, 5.41) is 0. The highest BCUT2D eigenvalue weighted by Gasteiger charge is 2.07. The molecule has 0 atom stereocenters. The zero-order valence-electron chi connectivity index (χ0n) is 9.85. The minimum Gasteiger partial charge on any atom is -0.493 e. The third kappa shape index (κ3) is 4.97. The SMILES string of the molecule is CS(=O)(=O)CCCOc1ccc(C(N)=S)c(F)c1. The van der Waals surface area contributed by atoms with Crippen LogP contribution in [0.25, 0.3) is 0 Å². The van der Waals surface area contributed by atoms with Crippen LogP contribution >= 0.6 is 12.2 Å². The van der Waals surface area contributed by atoms with Crippen LogP contribution in [0.15, 0.2) is 18.2 Å². The second-order valence-corrected chi connectivity index (χ2v) is 6.54. The highest BCUT2D eigenvalue weighted by Crippen LogP contribution is 2.16. The summed E-state index contributed by atoms with van der Waals surface area (Å²) in [7, 11) is -2.99. The highest BCUT2D eigenvalue weighted by atomic mass is 32.2. The van der Waals surface area contributed by atoms with Gasteiger partial charge in [0.2, 0.25) is 0 Å². The average Bonchev–Trinajstić information content (AvgIpc) is 2.22. The summed E-state index contributed by atoms with van der Waals surface area (Å²) in [5.41, 5.74) is 5.48. The number of benzene rings is 1. The van der Waals surface area contributed by atoms with Gasteiger partial charge in [-0.05, 0) is 18.6 Å². The van der Waals surface area contributed by atoms with Crippen molar-refractivity contribution in [1.82, 2.24) is 0 Å². The number of rotatable bonds is 6. The molecule has 1 aromatic rings. The molecule has 0 heterocycles. The largest absolute Gasteiger partial charge is 0.493 e. The van der Waals surface area contributed by atoms with Crippen molar-refractivity contribution in [2.45, 2.75) is 6.42 Å². The normalized spacial score (nSPS) is 11.2. The number of sulfone groups is 1. The maximum atomic E-state index is 13.5. The van der Waals surface area contributed by atoms with Crippen LogP contribution in [-0.4, -0.2) is 32.0 Å². The van der Waals surface area contributed by atoms with Gasteiger partial charge >= 0.3 is 0 Å². The summed E-state index contributed by atoms with van der Waals surface area (Å²) in [4.78, 5) is -0.0175. The van der Waals surface area contributed by atoms with Crippen molar-refractivity contribution in [2.75, 3.05) is 18.6 Å². The van der Waals surface area contributed by atoms with Crippen LogP contribution in [0, 0.1) is 5.82 Å². The van der Waals surface area contributed by atoms with Gasteiger partial charge in [-0.25, -0.2) is 12.8 Å². The molecule has 0 radical (unpaired) electrons. The van der Waals surface area contributed by atoms with Crippen molar-refractivity contribution in [3.8, 4) is 5.75 Å². The molecule has 0 amide bonds. The van der Waals surface area contributed by atoms with Crippen LogP contribution in [0.4, 0.5) is 4.39 Å². The van der Waals surface area contributed by atoms with Gasteiger partial charge in [-0.2, -0.15) is 0 Å². The summed E-state index contributed by atoms with van der Waals surface area (Å²) in [6, 6.07) is 4.15. The summed E-state index contributed by atoms with van der Waals surface area (Å²) in [6.07, 6.45) is 1.52. The Labute approximate surface area is 111 Å². The van der Waals surface area contributed by atoms with Gasteiger partial charge in [-0.15, -0.1) is 0 Å². The molecular formula is C11H14FNO3S2. The predicted molar refractivity (Wildman–Crippen MR) is 72.1 cm³/mol. The quantitative estimate of drug-likeness (QED) is 0.631. The van der Waals surface area contributed by atoms with Gasteiger partial charge < -0.3 is 10.5 Å². The fraction of sp³-hybridized carbons (Fsp3) is 0.364. The van der Waals surface area contributed by atoms with E-state index in [4.69, 9.17) is 10.5 Å². The number of hydrogen-bond donors (Lipinski definition) is 1. The van der Waals surface area contributed by atoms with E-state index in [1.807, 2.05) is 0 Å². The summed E-state index contributed by atoms with van der Waals surface area (Å²) < 4.78 is 40.4. The third-order valence-corrected chi connectivity index (χ3v) is 3.38. The second kappa shape index (κ2) is 6.10. The van der Waals surface area contributed by atoms with E-state index in [0.717, 1.165) is 6.26 Å². The van der Waals surface area contributed by atoms with Gasteiger partial charge in [0.15, 0.2) is 0 Å². The first kappa shape index (κ1) is 14.8. The molecule has 0 fully saturated rings. The smallest absolute Gasteiger partial charge is 0.147 e. The Morgan fingerprint density at radius 3 is 2.67 bits per heavy atom. The monoisotopic (exact) mass is 291 g/mol. The van der Waals surface area contributed by atoms with Crippen molar-refractivity contribution in [2.24, 2.45) is 5.73 Å². The molecule has 0 spiro atoms. The minimum absolute atomic E-state index is 0.0175. The summed E-state index contributed by atoms with van der Waals surface area (Å²) in [5.74, 6) is -0.190. The molecule has 0 saturated carbocycles. The van der Waals surface area contributed by atoms with Gasteiger partial charge in [0.25, 0.3) is 0 Å². The molecule has 4 nitrogen and oxygen atoms in total. The van der Waals surface area contributed by atoms with Crippen molar-refractivity contribution in [3.63, 3.8) is 0 Å². The Bertz CT molecular complexity index is 543. The molecule has 1 rings (SSSR count). The lowest BCUT2D eigenvalue weighted by Gasteiger charge is -2.07. The van der Waals surface area contributed by atoms with Gasteiger partial charge in [-0.3, -0.25) is 0 Å². The zero-order chi connectivity index (χ0) is 13.8. The third-order valence-electron chi connectivity index (χ3n) is 2.13. The summed E-state index contributed by atoms with van der Waals surface area (Å²) >= 11 is 4.67. The van der Waals surface area contributed by atoms with Crippen LogP contribution in [0.2, 0.25) is 0 Å². The molecule has 18 heavy (non-hydrogen) atoms. The van der Waals surface area contributed by atoms with Crippen molar-refractivity contribution >= 4 is 27.0 Å². The van der Waals surface area contributed by atoms with Crippen LogP contribution in [0.1, 0.15) is 12.0 Å². The van der Waals surface area contributed by atoms with E-state index in [1.54, 1.807) is 0 Å². The maximum absolute atomic E-state index is 13.5. The molecule has 0 aromatic heterocycles. The fourth-order valence-corrected chi connectivity index (χ4v) is 2.10. The average molecular weight is 291 g/mol. The lowest BCUT2D eigenvalue weighted by atomic mass is 10.2. The van der Waals surface area contributed by atoms with Gasteiger partial charge in [0, 0.05) is 17.9 Å². The Hall–Kier alpha value is -1.21. The van der Waals surface area contributed by atoms with E-state index in [0.29, 0.717) is 12.2 Å². The van der Waals surface area contributed by atoms with E-state index in [2.05, 4.69) is 12.2 Å². The first-order valence-electron chi connectivity index (χ1n) is 5.19. The topological polar surface area (TPSA) is 69.4 Å². The Morgan fingerprint density at radius 2 is 2.17 bits per heavy atom. The second-order valence-electron chi connectivity index (χ2n) is 3.84. The minimum atomic E-state index is -2.99. The van der Waals surface area contributed by atoms with Gasteiger partial charge in [0.1, 0.15) is 26.4 Å². The molecule has 0 bridgehead atoms. The Balaban J connectivity index is 2.54. The molecule has 0 aliphatic carbocycles. The van der Waals surface area contributed by atoms with E-state index in [-0.39, 0.29) is 22.9 Å². The van der Waals surface area contributed by atoms with Crippen molar-refractivity contribution in [1.29, 1.82) is 0 Å². The number of ether oxygens (including phenoxy) is 1. The van der Waals surface area contributed by atoms with Gasteiger partial charge in [-0.1, -0.05) is 12.2 Å². The summed E-state index contributed by atoms with van der Waals surface area (Å²) in [6.45, 7) is 0.207. The molecule has 0 saturated heterocycles. The number of hydrogen-bond acceptors (Lipinski definition) is 4. The predicted octanol–water partition coefficient (Wildman–Crippen LogP) is 1.27. The molecule has 0 aliphatic heterocycles.